The van der Waals surface area contributed by atoms with Crippen LogP contribution in [0.15, 0.2) is 18.2 Å². The fraction of sp³-hybridized carbons (Fsp3) is 0.417. The van der Waals surface area contributed by atoms with Gasteiger partial charge in [-0.2, -0.15) is 25.8 Å². The minimum absolute atomic E-state index is 0.0657. The molecule has 1 aliphatic rings. The second kappa shape index (κ2) is 4.50. The Labute approximate surface area is 108 Å². The molecule has 1 unspecified atom stereocenters. The molecule has 0 saturated carbocycles. The summed E-state index contributed by atoms with van der Waals surface area (Å²) in [6, 6.07) is 3.81. The predicted molar refractivity (Wildman–Crippen MR) is 65.9 cm³/mol. The summed E-state index contributed by atoms with van der Waals surface area (Å²) >= 11 is 4.15. The number of benzene rings is 1. The van der Waals surface area contributed by atoms with Crippen molar-refractivity contribution in [2.45, 2.75) is 24.8 Å². The van der Waals surface area contributed by atoms with E-state index in [1.165, 1.54) is 17.0 Å². The summed E-state index contributed by atoms with van der Waals surface area (Å²) < 4.78 is 38.7. The van der Waals surface area contributed by atoms with Gasteiger partial charge in [-0.1, -0.05) is 6.07 Å². The van der Waals surface area contributed by atoms with Gasteiger partial charge >= 0.3 is 6.18 Å². The second-order valence-electron chi connectivity index (χ2n) is 4.38. The van der Waals surface area contributed by atoms with Crippen molar-refractivity contribution in [3.63, 3.8) is 0 Å². The highest BCUT2D eigenvalue weighted by atomic mass is 32.1. The quantitative estimate of drug-likeness (QED) is 0.781. The number of hydrogen-bond acceptors (Lipinski definition) is 2. The standard InChI is InChI=1S/C12H12F3NOS/c1-7-2-3-9(12(13,14)15)10(4-7)16-6-8(18)5-11(16)17/h2-4,8,18H,5-6H2,1H3. The number of alkyl halides is 3. The van der Waals surface area contributed by atoms with E-state index in [0.29, 0.717) is 5.56 Å². The lowest BCUT2D eigenvalue weighted by atomic mass is 10.1. The molecule has 0 N–H and O–H groups in total. The van der Waals surface area contributed by atoms with E-state index in [0.717, 1.165) is 6.07 Å². The SMILES string of the molecule is Cc1ccc(C(F)(F)F)c(N2CC(S)CC2=O)c1. The number of hydrogen-bond donors (Lipinski definition) is 1. The van der Waals surface area contributed by atoms with Gasteiger partial charge in [-0.15, -0.1) is 0 Å². The molecule has 0 aliphatic carbocycles. The third kappa shape index (κ3) is 2.48. The van der Waals surface area contributed by atoms with Crippen molar-refractivity contribution in [3.8, 4) is 0 Å². The number of amides is 1. The van der Waals surface area contributed by atoms with Gasteiger partial charge in [0.1, 0.15) is 0 Å². The zero-order valence-corrected chi connectivity index (χ0v) is 10.6. The van der Waals surface area contributed by atoms with Gasteiger partial charge in [-0.25, -0.2) is 0 Å². The molecule has 0 radical (unpaired) electrons. The summed E-state index contributed by atoms with van der Waals surface area (Å²) in [5.74, 6) is -0.314. The number of anilines is 1. The summed E-state index contributed by atoms with van der Waals surface area (Å²) in [4.78, 5) is 12.9. The maximum absolute atomic E-state index is 12.9. The van der Waals surface area contributed by atoms with Gasteiger partial charge in [0, 0.05) is 18.2 Å². The molecule has 1 aromatic carbocycles. The molecule has 0 aromatic heterocycles. The van der Waals surface area contributed by atoms with E-state index in [1.54, 1.807) is 6.92 Å². The minimum atomic E-state index is -4.46. The minimum Gasteiger partial charge on any atom is -0.311 e. The normalized spacial score (nSPS) is 20.6. The molecule has 1 atom stereocenters. The number of carbonyl (C=O) groups excluding carboxylic acids is 1. The number of halogens is 3. The number of thiol groups is 1. The van der Waals surface area contributed by atoms with Gasteiger partial charge in [-0.05, 0) is 24.6 Å². The van der Waals surface area contributed by atoms with E-state index in [4.69, 9.17) is 0 Å². The van der Waals surface area contributed by atoms with Crippen molar-refractivity contribution >= 4 is 24.2 Å². The molecule has 98 valence electrons. The van der Waals surface area contributed by atoms with Crippen LogP contribution in [0.2, 0.25) is 0 Å². The van der Waals surface area contributed by atoms with Crippen molar-refractivity contribution in [2.75, 3.05) is 11.4 Å². The van der Waals surface area contributed by atoms with E-state index in [9.17, 15) is 18.0 Å². The highest BCUT2D eigenvalue weighted by molar-refractivity contribution is 7.81. The van der Waals surface area contributed by atoms with Crippen molar-refractivity contribution in [2.24, 2.45) is 0 Å². The van der Waals surface area contributed by atoms with Crippen molar-refractivity contribution in [3.05, 3.63) is 29.3 Å². The molecule has 6 heteroatoms. The summed E-state index contributed by atoms with van der Waals surface area (Å²) in [6.07, 6.45) is -4.29. The monoisotopic (exact) mass is 275 g/mol. The molecular formula is C12H12F3NOS. The molecule has 1 aliphatic heterocycles. The fourth-order valence-electron chi connectivity index (χ4n) is 2.03. The first kappa shape index (κ1) is 13.3. The van der Waals surface area contributed by atoms with Gasteiger partial charge in [-0.3, -0.25) is 4.79 Å². The van der Waals surface area contributed by atoms with Crippen LogP contribution in [-0.2, 0) is 11.0 Å². The summed E-state index contributed by atoms with van der Waals surface area (Å²) in [5, 5.41) is -0.209. The number of rotatable bonds is 1. The van der Waals surface area contributed by atoms with E-state index >= 15 is 0 Å². The first-order valence-electron chi connectivity index (χ1n) is 5.45. The molecule has 1 heterocycles. The van der Waals surface area contributed by atoms with Crippen LogP contribution >= 0.6 is 12.6 Å². The maximum atomic E-state index is 12.9. The predicted octanol–water partition coefficient (Wildman–Crippen LogP) is 3.05. The largest absolute Gasteiger partial charge is 0.418 e. The van der Waals surface area contributed by atoms with Crippen LogP contribution in [0.5, 0.6) is 0 Å². The topological polar surface area (TPSA) is 20.3 Å². The Morgan fingerprint density at radius 2 is 2.06 bits per heavy atom. The Kier molecular flexibility index (Phi) is 3.31. The summed E-state index contributed by atoms with van der Waals surface area (Å²) in [6.45, 7) is 1.91. The van der Waals surface area contributed by atoms with Crippen LogP contribution in [-0.4, -0.2) is 17.7 Å². The molecule has 2 rings (SSSR count). The first-order valence-corrected chi connectivity index (χ1v) is 5.97. The fourth-order valence-corrected chi connectivity index (χ4v) is 2.35. The molecule has 0 spiro atoms. The highest BCUT2D eigenvalue weighted by Crippen LogP contribution is 2.38. The van der Waals surface area contributed by atoms with Crippen LogP contribution in [0.1, 0.15) is 17.5 Å². The average molecular weight is 275 g/mol. The molecule has 0 bridgehead atoms. The van der Waals surface area contributed by atoms with Gasteiger partial charge in [0.25, 0.3) is 0 Å². The molecule has 1 fully saturated rings. The zero-order chi connectivity index (χ0) is 13.5. The van der Waals surface area contributed by atoms with E-state index < -0.39 is 11.7 Å². The van der Waals surface area contributed by atoms with Crippen molar-refractivity contribution in [1.82, 2.24) is 0 Å². The molecule has 18 heavy (non-hydrogen) atoms. The first-order chi connectivity index (χ1) is 8.29. The third-order valence-electron chi connectivity index (χ3n) is 2.85. The Bertz CT molecular complexity index is 487. The highest BCUT2D eigenvalue weighted by Gasteiger charge is 2.38. The van der Waals surface area contributed by atoms with Gasteiger partial charge in [0.05, 0.1) is 11.3 Å². The number of aryl methyl sites for hydroxylation is 1. The zero-order valence-electron chi connectivity index (χ0n) is 9.66. The van der Waals surface area contributed by atoms with E-state index in [1.807, 2.05) is 0 Å². The van der Waals surface area contributed by atoms with Gasteiger partial charge < -0.3 is 4.90 Å². The molecular weight excluding hydrogens is 263 g/mol. The lowest BCUT2D eigenvalue weighted by molar-refractivity contribution is -0.137. The van der Waals surface area contributed by atoms with Crippen LogP contribution < -0.4 is 4.90 Å². The Balaban J connectivity index is 2.49. The molecule has 1 saturated heterocycles. The molecule has 1 aromatic rings. The van der Waals surface area contributed by atoms with Gasteiger partial charge in [0.2, 0.25) is 5.91 Å². The Hall–Kier alpha value is -1.17. The number of nitrogens with zero attached hydrogens (tertiary/aromatic N) is 1. The molecule has 2 nitrogen and oxygen atoms in total. The Morgan fingerprint density at radius 1 is 1.39 bits per heavy atom. The maximum Gasteiger partial charge on any atom is 0.418 e. The van der Waals surface area contributed by atoms with Crippen molar-refractivity contribution in [1.29, 1.82) is 0 Å². The lowest BCUT2D eigenvalue weighted by Crippen LogP contribution is -2.27. The number of carbonyl (C=O) groups is 1. The van der Waals surface area contributed by atoms with Crippen LogP contribution in [0, 0.1) is 6.92 Å². The Morgan fingerprint density at radius 3 is 2.56 bits per heavy atom. The smallest absolute Gasteiger partial charge is 0.311 e. The second-order valence-corrected chi connectivity index (χ2v) is 5.11. The van der Waals surface area contributed by atoms with Gasteiger partial charge in [0.15, 0.2) is 0 Å². The average Bonchev–Trinajstić information content (AvgIpc) is 2.55. The molecule has 1 amide bonds. The van der Waals surface area contributed by atoms with E-state index in [2.05, 4.69) is 12.6 Å². The van der Waals surface area contributed by atoms with Crippen LogP contribution in [0.4, 0.5) is 18.9 Å². The van der Waals surface area contributed by atoms with Crippen LogP contribution in [0.25, 0.3) is 0 Å². The third-order valence-corrected chi connectivity index (χ3v) is 3.20. The van der Waals surface area contributed by atoms with E-state index in [-0.39, 0.29) is 29.8 Å². The van der Waals surface area contributed by atoms with Crippen molar-refractivity contribution < 1.29 is 18.0 Å². The lowest BCUT2D eigenvalue weighted by Gasteiger charge is -2.21. The van der Waals surface area contributed by atoms with Crippen LogP contribution in [0.3, 0.4) is 0 Å². The summed E-state index contributed by atoms with van der Waals surface area (Å²) in [5.41, 5.74) is -0.152. The summed E-state index contributed by atoms with van der Waals surface area (Å²) in [7, 11) is 0.